The Morgan fingerprint density at radius 3 is 2.57 bits per heavy atom. The van der Waals surface area contributed by atoms with Crippen LogP contribution < -0.4 is 5.32 Å². The Bertz CT molecular complexity index is 268. The van der Waals surface area contributed by atoms with Crippen molar-refractivity contribution in [3.63, 3.8) is 0 Å². The quantitative estimate of drug-likeness (QED) is 0.718. The van der Waals surface area contributed by atoms with Crippen molar-refractivity contribution in [3.05, 3.63) is 0 Å². The van der Waals surface area contributed by atoms with Crippen LogP contribution in [0.15, 0.2) is 0 Å². The van der Waals surface area contributed by atoms with Crippen molar-refractivity contribution in [2.45, 2.75) is 25.5 Å². The normalized spacial score (nSPS) is 33.3. The lowest BCUT2D eigenvalue weighted by molar-refractivity contribution is 0.0779. The summed E-state index contributed by atoms with van der Waals surface area (Å²) in [5.74, 6) is 1.25. The molecule has 0 aromatic carbocycles. The van der Waals surface area contributed by atoms with E-state index in [0.717, 1.165) is 32.4 Å². The molecule has 14 heavy (non-hydrogen) atoms. The Hall–Kier alpha value is -0.130. The van der Waals surface area contributed by atoms with Crippen molar-refractivity contribution in [3.8, 4) is 0 Å². The van der Waals surface area contributed by atoms with Crippen molar-refractivity contribution < 1.29 is 13.2 Å². The van der Waals surface area contributed by atoms with E-state index < -0.39 is 9.84 Å². The van der Waals surface area contributed by atoms with Crippen LogP contribution in [-0.2, 0) is 14.6 Å². The highest BCUT2D eigenvalue weighted by Gasteiger charge is 2.27. The van der Waals surface area contributed by atoms with Crippen LogP contribution in [0.2, 0.25) is 0 Å². The van der Waals surface area contributed by atoms with E-state index in [2.05, 4.69) is 5.32 Å². The largest absolute Gasteiger partial charge is 0.362 e. The van der Waals surface area contributed by atoms with Crippen LogP contribution in [0.1, 0.15) is 19.3 Å². The summed E-state index contributed by atoms with van der Waals surface area (Å²) in [5, 5.41) is 3.25. The molecule has 2 rings (SSSR count). The molecule has 0 amide bonds. The van der Waals surface area contributed by atoms with Gasteiger partial charge in [0.25, 0.3) is 0 Å². The summed E-state index contributed by atoms with van der Waals surface area (Å²) >= 11 is 0. The summed E-state index contributed by atoms with van der Waals surface area (Å²) < 4.78 is 27.8. The first kappa shape index (κ1) is 10.4. The summed E-state index contributed by atoms with van der Waals surface area (Å²) in [6.07, 6.45) is 2.75. The third-order valence-corrected chi connectivity index (χ3v) is 4.73. The average molecular weight is 219 g/mol. The van der Waals surface area contributed by atoms with Gasteiger partial charge < -0.3 is 4.74 Å². The van der Waals surface area contributed by atoms with Gasteiger partial charge >= 0.3 is 0 Å². The summed E-state index contributed by atoms with van der Waals surface area (Å²) in [5.41, 5.74) is 0. The minimum Gasteiger partial charge on any atom is -0.362 e. The van der Waals surface area contributed by atoms with Crippen molar-refractivity contribution in [1.82, 2.24) is 5.32 Å². The number of sulfone groups is 1. The Morgan fingerprint density at radius 1 is 1.29 bits per heavy atom. The van der Waals surface area contributed by atoms with Gasteiger partial charge in [0.2, 0.25) is 0 Å². The molecule has 0 spiro atoms. The highest BCUT2D eigenvalue weighted by atomic mass is 32.2. The predicted molar refractivity (Wildman–Crippen MR) is 53.7 cm³/mol. The molecular formula is C9H17NO3S. The van der Waals surface area contributed by atoms with Gasteiger partial charge in [0.1, 0.15) is 16.1 Å². The zero-order chi connectivity index (χ0) is 10.0. The molecule has 2 fully saturated rings. The van der Waals surface area contributed by atoms with E-state index in [0.29, 0.717) is 17.4 Å². The van der Waals surface area contributed by atoms with Gasteiger partial charge in [-0.25, -0.2) is 8.42 Å². The second kappa shape index (κ2) is 4.16. The summed E-state index contributed by atoms with van der Waals surface area (Å²) in [6.45, 7) is 1.71. The SMILES string of the molecule is O=S1(=O)CCC(CC2NCCO2)CC1. The monoisotopic (exact) mass is 219 g/mol. The maximum absolute atomic E-state index is 11.2. The molecule has 0 aliphatic carbocycles. The van der Waals surface area contributed by atoms with E-state index in [9.17, 15) is 8.42 Å². The highest BCUT2D eigenvalue weighted by molar-refractivity contribution is 7.91. The molecular weight excluding hydrogens is 202 g/mol. The molecule has 0 saturated carbocycles. The number of hydrogen-bond acceptors (Lipinski definition) is 4. The number of hydrogen-bond donors (Lipinski definition) is 1. The van der Waals surface area contributed by atoms with Crippen LogP contribution in [0.5, 0.6) is 0 Å². The Balaban J connectivity index is 1.78. The molecule has 1 N–H and O–H groups in total. The number of nitrogens with one attached hydrogen (secondary N) is 1. The van der Waals surface area contributed by atoms with Crippen LogP contribution in [0.25, 0.3) is 0 Å². The Morgan fingerprint density at radius 2 is 2.00 bits per heavy atom. The molecule has 0 aromatic heterocycles. The van der Waals surface area contributed by atoms with Crippen LogP contribution >= 0.6 is 0 Å². The number of ether oxygens (including phenoxy) is 1. The standard InChI is InChI=1S/C9H17NO3S/c11-14(12)5-1-8(2-6-14)7-9-10-3-4-13-9/h8-10H,1-7H2. The zero-order valence-corrected chi connectivity index (χ0v) is 9.05. The van der Waals surface area contributed by atoms with Crippen LogP contribution in [0, 0.1) is 5.92 Å². The number of rotatable bonds is 2. The molecule has 0 bridgehead atoms. The fourth-order valence-corrected chi connectivity index (χ4v) is 3.70. The van der Waals surface area contributed by atoms with Crippen molar-refractivity contribution in [2.75, 3.05) is 24.7 Å². The third kappa shape index (κ3) is 2.68. The van der Waals surface area contributed by atoms with E-state index in [1.807, 2.05) is 0 Å². The lowest BCUT2D eigenvalue weighted by Crippen LogP contribution is -2.30. The van der Waals surface area contributed by atoms with E-state index in [4.69, 9.17) is 4.74 Å². The molecule has 2 aliphatic heterocycles. The van der Waals surface area contributed by atoms with E-state index in [-0.39, 0.29) is 6.23 Å². The fraction of sp³-hybridized carbons (Fsp3) is 1.00. The Labute approximate surface area is 84.9 Å². The third-order valence-electron chi connectivity index (χ3n) is 3.01. The summed E-state index contributed by atoms with van der Waals surface area (Å²) in [6, 6.07) is 0. The highest BCUT2D eigenvalue weighted by Crippen LogP contribution is 2.24. The van der Waals surface area contributed by atoms with Gasteiger partial charge in [-0.2, -0.15) is 0 Å². The first-order valence-corrected chi connectivity index (χ1v) is 7.03. The van der Waals surface area contributed by atoms with Crippen LogP contribution in [-0.4, -0.2) is 39.3 Å². The first-order chi connectivity index (χ1) is 6.66. The molecule has 2 aliphatic rings. The van der Waals surface area contributed by atoms with Gasteiger partial charge in [-0.3, -0.25) is 5.32 Å². The van der Waals surface area contributed by atoms with Crippen molar-refractivity contribution in [2.24, 2.45) is 5.92 Å². The Kier molecular flexibility index (Phi) is 3.09. The molecule has 5 heteroatoms. The lowest BCUT2D eigenvalue weighted by atomic mass is 9.98. The molecule has 82 valence electrons. The molecule has 1 unspecified atom stereocenters. The van der Waals surface area contributed by atoms with Gasteiger partial charge in [0, 0.05) is 6.54 Å². The molecule has 1 atom stereocenters. The van der Waals surface area contributed by atoms with Crippen molar-refractivity contribution >= 4 is 9.84 Å². The molecule has 0 radical (unpaired) electrons. The topological polar surface area (TPSA) is 55.4 Å². The molecule has 2 saturated heterocycles. The molecule has 0 aromatic rings. The van der Waals surface area contributed by atoms with Crippen molar-refractivity contribution in [1.29, 1.82) is 0 Å². The van der Waals surface area contributed by atoms with E-state index >= 15 is 0 Å². The van der Waals surface area contributed by atoms with Crippen LogP contribution in [0.3, 0.4) is 0 Å². The molecule has 2 heterocycles. The predicted octanol–water partition coefficient (Wildman–Crippen LogP) is 0.147. The first-order valence-electron chi connectivity index (χ1n) is 5.21. The smallest absolute Gasteiger partial charge is 0.150 e. The van der Waals surface area contributed by atoms with Gasteiger partial charge in [-0.15, -0.1) is 0 Å². The van der Waals surface area contributed by atoms with E-state index in [1.165, 1.54) is 0 Å². The zero-order valence-electron chi connectivity index (χ0n) is 8.24. The second-order valence-corrected chi connectivity index (χ2v) is 6.45. The van der Waals surface area contributed by atoms with Gasteiger partial charge in [-0.1, -0.05) is 0 Å². The van der Waals surface area contributed by atoms with Crippen LogP contribution in [0.4, 0.5) is 0 Å². The maximum atomic E-state index is 11.2. The van der Waals surface area contributed by atoms with E-state index in [1.54, 1.807) is 0 Å². The maximum Gasteiger partial charge on any atom is 0.150 e. The summed E-state index contributed by atoms with van der Waals surface area (Å²) in [7, 11) is -2.71. The summed E-state index contributed by atoms with van der Waals surface area (Å²) in [4.78, 5) is 0. The van der Waals surface area contributed by atoms with Gasteiger partial charge in [-0.05, 0) is 25.2 Å². The average Bonchev–Trinajstić information content (AvgIpc) is 2.61. The van der Waals surface area contributed by atoms with Gasteiger partial charge in [0.05, 0.1) is 18.1 Å². The minimum atomic E-state index is -2.71. The lowest BCUT2D eigenvalue weighted by Gasteiger charge is -2.24. The minimum absolute atomic E-state index is 0.167. The molecule has 4 nitrogen and oxygen atoms in total. The fourth-order valence-electron chi connectivity index (χ4n) is 2.11. The second-order valence-electron chi connectivity index (χ2n) is 4.14. The van der Waals surface area contributed by atoms with Gasteiger partial charge in [0.15, 0.2) is 0 Å².